The summed E-state index contributed by atoms with van der Waals surface area (Å²) in [5.41, 5.74) is -2.97. The Balaban J connectivity index is 2.47. The van der Waals surface area contributed by atoms with E-state index in [-0.39, 0.29) is 22.2 Å². The van der Waals surface area contributed by atoms with Crippen LogP contribution in [-0.4, -0.2) is 36.2 Å². The first kappa shape index (κ1) is 33.5. The molecule has 0 bridgehead atoms. The van der Waals surface area contributed by atoms with Crippen LogP contribution in [0.15, 0.2) is 36.4 Å². The summed E-state index contributed by atoms with van der Waals surface area (Å²) < 4.78 is 134. The number of amides is 2. The van der Waals surface area contributed by atoms with Crippen molar-refractivity contribution in [3.05, 3.63) is 73.7 Å². The lowest BCUT2D eigenvalue weighted by Crippen LogP contribution is -2.44. The number of rotatable bonds is 6. The number of alkyl halides is 9. The molecule has 1 unspecified atom stereocenters. The van der Waals surface area contributed by atoms with E-state index in [1.54, 1.807) is 5.43 Å². The largest absolute Gasteiger partial charge is 0.417 e. The normalized spacial score (nSPS) is 13.7. The highest BCUT2D eigenvalue weighted by atomic mass is 35.5. The molecule has 0 saturated carbocycles. The molecule has 0 aliphatic heterocycles. The van der Waals surface area contributed by atoms with Crippen LogP contribution in [0.25, 0.3) is 5.83 Å². The van der Waals surface area contributed by atoms with E-state index in [2.05, 4.69) is 0 Å². The molecule has 0 heterocycles. The van der Waals surface area contributed by atoms with Crippen LogP contribution in [0.4, 0.5) is 43.9 Å². The summed E-state index contributed by atoms with van der Waals surface area (Å²) in [6.45, 7) is 0. The van der Waals surface area contributed by atoms with Crippen molar-refractivity contribution in [1.82, 2.24) is 10.4 Å². The Hall–Kier alpha value is -2.71. The molecule has 0 aliphatic rings. The molecular weight excluding hydrogens is 633 g/mol. The zero-order valence-electron chi connectivity index (χ0n) is 19.6. The fourth-order valence-electron chi connectivity index (χ4n) is 3.22. The number of benzene rings is 2. The van der Waals surface area contributed by atoms with Gasteiger partial charge in [0.25, 0.3) is 5.91 Å². The summed E-state index contributed by atoms with van der Waals surface area (Å²) in [7, 11) is 0.749. The van der Waals surface area contributed by atoms with Crippen molar-refractivity contribution >= 4 is 52.4 Å². The number of halogens is 13. The highest BCUT2D eigenvalue weighted by molar-refractivity contribution is 6.48. The van der Waals surface area contributed by atoms with Crippen molar-refractivity contribution in [2.45, 2.75) is 37.3 Å². The van der Waals surface area contributed by atoms with E-state index in [4.69, 9.17) is 34.8 Å². The molecule has 220 valence electrons. The first-order valence-electron chi connectivity index (χ1n) is 10.6. The quantitative estimate of drug-likeness (QED) is 0.194. The molecule has 0 saturated heterocycles. The maximum absolute atomic E-state index is 15.0. The summed E-state index contributed by atoms with van der Waals surface area (Å²) in [5.74, 6) is -7.38. The van der Waals surface area contributed by atoms with Crippen molar-refractivity contribution in [2.24, 2.45) is 0 Å². The van der Waals surface area contributed by atoms with Gasteiger partial charge in [-0.15, -0.1) is 0 Å². The molecule has 2 amide bonds. The second kappa shape index (κ2) is 12.4. The van der Waals surface area contributed by atoms with Gasteiger partial charge in [-0.3, -0.25) is 20.0 Å². The summed E-state index contributed by atoms with van der Waals surface area (Å²) in [6, 6.07) is 2.57. The van der Waals surface area contributed by atoms with Crippen molar-refractivity contribution < 1.29 is 53.5 Å². The van der Waals surface area contributed by atoms with E-state index >= 15 is 0 Å². The van der Waals surface area contributed by atoms with Crippen LogP contribution < -0.4 is 5.43 Å². The minimum absolute atomic E-state index is 0.0279. The van der Waals surface area contributed by atoms with E-state index in [9.17, 15) is 53.5 Å². The Morgan fingerprint density at radius 2 is 1.50 bits per heavy atom. The van der Waals surface area contributed by atoms with E-state index in [1.807, 2.05) is 0 Å². The second-order valence-electron chi connectivity index (χ2n) is 8.10. The van der Waals surface area contributed by atoms with Gasteiger partial charge in [0.15, 0.2) is 0 Å². The van der Waals surface area contributed by atoms with Crippen molar-refractivity contribution in [3.8, 4) is 0 Å². The molecular formula is C23H15Cl3F10N2O2. The van der Waals surface area contributed by atoms with Crippen LogP contribution >= 0.6 is 34.8 Å². The maximum Gasteiger partial charge on any atom is 0.417 e. The van der Waals surface area contributed by atoms with Crippen LogP contribution in [0.3, 0.4) is 0 Å². The third kappa shape index (κ3) is 8.90. The van der Waals surface area contributed by atoms with Crippen molar-refractivity contribution in [3.63, 3.8) is 0 Å². The number of carbonyl (C=O) groups is 2. The Bertz CT molecular complexity index is 1280. The molecule has 1 atom stereocenters. The third-order valence-electron chi connectivity index (χ3n) is 5.09. The summed E-state index contributed by atoms with van der Waals surface area (Å²) in [6.07, 6.45) is -17.9. The van der Waals surface area contributed by atoms with Gasteiger partial charge >= 0.3 is 18.5 Å². The Labute approximate surface area is 234 Å². The standard InChI is InChI=1S/C23H15Cl3F10N2O2/c1-38(37-18(39)4-5-21(28,29)30)20(40)12-3-2-10(6-14(12)23(34,35)36)17(27)9-13(22(31,32)33)11-7-15(24)19(26)16(25)8-11/h2-3,6-9,13H,4-5H2,1H3,(H,37,39). The summed E-state index contributed by atoms with van der Waals surface area (Å²) >= 11 is 17.2. The molecule has 0 spiro atoms. The average Bonchev–Trinajstić information content (AvgIpc) is 2.81. The number of hydrazine groups is 1. The zero-order chi connectivity index (χ0) is 30.8. The minimum Gasteiger partial charge on any atom is -0.273 e. The minimum atomic E-state index is -5.34. The molecule has 2 aromatic carbocycles. The van der Waals surface area contributed by atoms with Crippen LogP contribution in [0.5, 0.6) is 0 Å². The SMILES string of the molecule is CN(NC(=O)CCC(F)(F)F)C(=O)c1ccc(C(F)=CC(c2cc(Cl)c(Cl)c(Cl)c2)C(F)(F)F)cc1C(F)(F)F. The predicted octanol–water partition coefficient (Wildman–Crippen LogP) is 8.77. The van der Waals surface area contributed by atoms with Gasteiger partial charge in [0.2, 0.25) is 5.91 Å². The lowest BCUT2D eigenvalue weighted by atomic mass is 9.95. The summed E-state index contributed by atoms with van der Waals surface area (Å²) in [5, 5.41) is -0.898. The molecule has 2 aromatic rings. The number of nitrogens with one attached hydrogen (secondary N) is 1. The van der Waals surface area contributed by atoms with Gasteiger partial charge in [0.1, 0.15) is 11.7 Å². The van der Waals surface area contributed by atoms with Gasteiger partial charge in [-0.05, 0) is 35.9 Å². The molecule has 1 N–H and O–H groups in total. The van der Waals surface area contributed by atoms with E-state index < -0.39 is 87.2 Å². The van der Waals surface area contributed by atoms with Gasteiger partial charge in [-0.25, -0.2) is 4.39 Å². The Morgan fingerprint density at radius 1 is 0.950 bits per heavy atom. The first-order chi connectivity index (χ1) is 18.1. The van der Waals surface area contributed by atoms with Crippen LogP contribution in [0, 0.1) is 0 Å². The van der Waals surface area contributed by atoms with E-state index in [1.165, 1.54) is 0 Å². The lowest BCUT2D eigenvalue weighted by Gasteiger charge is -2.21. The lowest BCUT2D eigenvalue weighted by molar-refractivity contribution is -0.145. The zero-order valence-corrected chi connectivity index (χ0v) is 21.9. The molecule has 0 aliphatic carbocycles. The smallest absolute Gasteiger partial charge is 0.273 e. The highest BCUT2D eigenvalue weighted by Crippen LogP contribution is 2.43. The Morgan fingerprint density at radius 3 is 1.98 bits per heavy atom. The van der Waals surface area contributed by atoms with Crippen LogP contribution in [0.1, 0.15) is 45.8 Å². The fourth-order valence-corrected chi connectivity index (χ4v) is 3.83. The van der Waals surface area contributed by atoms with Crippen LogP contribution in [-0.2, 0) is 11.0 Å². The summed E-state index contributed by atoms with van der Waals surface area (Å²) in [4.78, 5) is 24.1. The number of carbonyl (C=O) groups excluding carboxylic acids is 2. The van der Waals surface area contributed by atoms with Gasteiger partial charge in [-0.2, -0.15) is 39.5 Å². The van der Waals surface area contributed by atoms with Crippen LogP contribution in [0.2, 0.25) is 15.1 Å². The van der Waals surface area contributed by atoms with Gasteiger partial charge in [-0.1, -0.05) is 40.9 Å². The number of nitrogens with zero attached hydrogens (tertiary/aromatic N) is 1. The topological polar surface area (TPSA) is 49.4 Å². The first-order valence-corrected chi connectivity index (χ1v) is 11.7. The average molecular weight is 648 g/mol. The van der Waals surface area contributed by atoms with Gasteiger partial charge in [0, 0.05) is 19.0 Å². The highest BCUT2D eigenvalue weighted by Gasteiger charge is 2.41. The van der Waals surface area contributed by atoms with E-state index in [0.717, 1.165) is 19.2 Å². The van der Waals surface area contributed by atoms with Gasteiger partial charge in [0.05, 0.1) is 32.6 Å². The number of hydrogen-bond donors (Lipinski definition) is 1. The second-order valence-corrected chi connectivity index (χ2v) is 9.30. The molecule has 0 fully saturated rings. The van der Waals surface area contributed by atoms with Crippen molar-refractivity contribution in [1.29, 1.82) is 0 Å². The molecule has 0 aromatic heterocycles. The monoisotopic (exact) mass is 646 g/mol. The molecule has 40 heavy (non-hydrogen) atoms. The molecule has 2 rings (SSSR count). The molecule has 17 heteroatoms. The maximum atomic E-state index is 15.0. The van der Waals surface area contributed by atoms with E-state index in [0.29, 0.717) is 12.1 Å². The number of hydrogen-bond acceptors (Lipinski definition) is 2. The number of allylic oxidation sites excluding steroid dienone is 1. The van der Waals surface area contributed by atoms with Crippen molar-refractivity contribution in [2.75, 3.05) is 7.05 Å². The third-order valence-corrected chi connectivity index (χ3v) is 6.29. The Kier molecular flexibility index (Phi) is 10.4. The molecule has 4 nitrogen and oxygen atoms in total. The predicted molar refractivity (Wildman–Crippen MR) is 126 cm³/mol. The van der Waals surface area contributed by atoms with Gasteiger partial charge < -0.3 is 0 Å². The fraction of sp³-hybridized carbons (Fsp3) is 0.304. The molecule has 0 radical (unpaired) electrons.